The summed E-state index contributed by atoms with van der Waals surface area (Å²) in [6.07, 6.45) is 1.57. The number of amides is 1. The van der Waals surface area contributed by atoms with E-state index in [1.807, 2.05) is 6.92 Å². The number of rotatable bonds is 4. The monoisotopic (exact) mass is 245 g/mol. The zero-order valence-corrected chi connectivity index (χ0v) is 9.98. The van der Waals surface area contributed by atoms with Gasteiger partial charge in [0.15, 0.2) is 0 Å². The Balaban J connectivity index is 2.54. The Morgan fingerprint density at radius 1 is 1.40 bits per heavy atom. The summed E-state index contributed by atoms with van der Waals surface area (Å²) < 4.78 is 0. The van der Waals surface area contributed by atoms with Crippen molar-refractivity contribution >= 4 is 34.8 Å². The maximum atomic E-state index is 11.5. The molecule has 0 aliphatic heterocycles. The average molecular weight is 246 g/mol. The molecule has 15 heavy (non-hydrogen) atoms. The number of alkyl halides is 1. The van der Waals surface area contributed by atoms with E-state index < -0.39 is 5.38 Å². The number of nitrogens with one attached hydrogen (secondary N) is 1. The molecule has 1 N–H and O–H groups in total. The summed E-state index contributed by atoms with van der Waals surface area (Å²) in [6.45, 7) is 1.99. The summed E-state index contributed by atoms with van der Waals surface area (Å²) in [6, 6.07) is 6.94. The molecule has 1 unspecified atom stereocenters. The highest BCUT2D eigenvalue weighted by Gasteiger charge is 2.13. The van der Waals surface area contributed by atoms with Crippen LogP contribution in [0.2, 0.25) is 5.02 Å². The SMILES string of the molecule is CCCC(Cl)C(=O)Nc1ccc(Cl)cc1. The van der Waals surface area contributed by atoms with Crippen LogP contribution in [0.3, 0.4) is 0 Å². The summed E-state index contributed by atoms with van der Waals surface area (Å²) in [5.41, 5.74) is 0.714. The van der Waals surface area contributed by atoms with Gasteiger partial charge in [0.1, 0.15) is 5.38 Å². The van der Waals surface area contributed by atoms with E-state index >= 15 is 0 Å². The Kier molecular flexibility index (Phi) is 4.92. The Bertz CT molecular complexity index is 324. The molecule has 4 heteroatoms. The van der Waals surface area contributed by atoms with E-state index in [2.05, 4.69) is 5.32 Å². The Hall–Kier alpha value is -0.730. The summed E-state index contributed by atoms with van der Waals surface area (Å²) in [4.78, 5) is 11.5. The fourth-order valence-electron chi connectivity index (χ4n) is 1.14. The van der Waals surface area contributed by atoms with Crippen LogP contribution in [-0.4, -0.2) is 11.3 Å². The number of halogens is 2. The first-order valence-corrected chi connectivity index (χ1v) is 5.65. The molecule has 0 bridgehead atoms. The highest BCUT2D eigenvalue weighted by atomic mass is 35.5. The van der Waals surface area contributed by atoms with Gasteiger partial charge < -0.3 is 5.32 Å². The van der Waals surface area contributed by atoms with Crippen LogP contribution in [-0.2, 0) is 4.79 Å². The third-order valence-electron chi connectivity index (χ3n) is 1.94. The van der Waals surface area contributed by atoms with Crippen LogP contribution in [0.4, 0.5) is 5.69 Å². The van der Waals surface area contributed by atoms with Gasteiger partial charge in [0.05, 0.1) is 0 Å². The molecule has 1 aromatic carbocycles. The van der Waals surface area contributed by atoms with E-state index in [1.54, 1.807) is 24.3 Å². The number of hydrogen-bond acceptors (Lipinski definition) is 1. The Labute approximate surface area is 99.6 Å². The van der Waals surface area contributed by atoms with Crippen molar-refractivity contribution in [2.24, 2.45) is 0 Å². The first-order valence-electron chi connectivity index (χ1n) is 4.84. The normalized spacial score (nSPS) is 12.2. The number of benzene rings is 1. The average Bonchev–Trinajstić information content (AvgIpc) is 2.22. The van der Waals surface area contributed by atoms with Gasteiger partial charge in [-0.3, -0.25) is 4.79 Å². The molecule has 0 saturated heterocycles. The molecule has 0 heterocycles. The molecule has 0 aromatic heterocycles. The van der Waals surface area contributed by atoms with E-state index in [1.165, 1.54) is 0 Å². The van der Waals surface area contributed by atoms with Gasteiger partial charge in [-0.25, -0.2) is 0 Å². The predicted octanol–water partition coefficient (Wildman–Crippen LogP) is 3.69. The summed E-state index contributed by atoms with van der Waals surface area (Å²) in [5, 5.41) is 2.90. The summed E-state index contributed by atoms with van der Waals surface area (Å²) in [5.74, 6) is -0.166. The van der Waals surface area contributed by atoms with Gasteiger partial charge >= 0.3 is 0 Å². The lowest BCUT2D eigenvalue weighted by atomic mass is 10.2. The predicted molar refractivity (Wildman–Crippen MR) is 64.6 cm³/mol. The first kappa shape index (κ1) is 12.3. The van der Waals surface area contributed by atoms with Crippen LogP contribution >= 0.6 is 23.2 Å². The van der Waals surface area contributed by atoms with Crippen molar-refractivity contribution in [1.29, 1.82) is 0 Å². The highest BCUT2D eigenvalue weighted by Crippen LogP contribution is 2.15. The topological polar surface area (TPSA) is 29.1 Å². The molecule has 82 valence electrons. The van der Waals surface area contributed by atoms with Crippen molar-refractivity contribution in [3.8, 4) is 0 Å². The van der Waals surface area contributed by atoms with Crippen LogP contribution in [0.15, 0.2) is 24.3 Å². The molecule has 0 aliphatic rings. The van der Waals surface area contributed by atoms with Crippen molar-refractivity contribution in [3.05, 3.63) is 29.3 Å². The van der Waals surface area contributed by atoms with Crippen molar-refractivity contribution in [1.82, 2.24) is 0 Å². The van der Waals surface area contributed by atoms with Gasteiger partial charge in [0.2, 0.25) is 5.91 Å². The Morgan fingerprint density at radius 2 is 2.00 bits per heavy atom. The smallest absolute Gasteiger partial charge is 0.242 e. The fourth-order valence-corrected chi connectivity index (χ4v) is 1.54. The minimum atomic E-state index is -0.467. The second kappa shape index (κ2) is 5.99. The number of hydrogen-bond donors (Lipinski definition) is 1. The second-order valence-electron chi connectivity index (χ2n) is 3.25. The highest BCUT2D eigenvalue weighted by molar-refractivity contribution is 6.32. The molecule has 1 amide bonds. The standard InChI is InChI=1S/C11H13Cl2NO/c1-2-3-10(13)11(15)14-9-6-4-8(12)5-7-9/h4-7,10H,2-3H2,1H3,(H,14,15). The van der Waals surface area contributed by atoms with E-state index in [-0.39, 0.29) is 5.91 Å². The van der Waals surface area contributed by atoms with Crippen LogP contribution < -0.4 is 5.32 Å². The number of anilines is 1. The molecule has 0 spiro atoms. The number of carbonyl (C=O) groups excluding carboxylic acids is 1. The van der Waals surface area contributed by atoms with Crippen LogP contribution in [0.25, 0.3) is 0 Å². The molecule has 1 rings (SSSR count). The van der Waals surface area contributed by atoms with Crippen molar-refractivity contribution in [2.45, 2.75) is 25.1 Å². The lowest BCUT2D eigenvalue weighted by Crippen LogP contribution is -2.22. The lowest BCUT2D eigenvalue weighted by molar-refractivity contribution is -0.116. The zero-order valence-electron chi connectivity index (χ0n) is 8.47. The van der Waals surface area contributed by atoms with E-state index in [0.717, 1.165) is 6.42 Å². The summed E-state index contributed by atoms with van der Waals surface area (Å²) >= 11 is 11.6. The molecular weight excluding hydrogens is 233 g/mol. The van der Waals surface area contributed by atoms with Gasteiger partial charge in [-0.05, 0) is 30.7 Å². The van der Waals surface area contributed by atoms with Gasteiger partial charge in [-0.15, -0.1) is 11.6 Å². The van der Waals surface area contributed by atoms with Gasteiger partial charge in [-0.2, -0.15) is 0 Å². The first-order chi connectivity index (χ1) is 7.13. The lowest BCUT2D eigenvalue weighted by Gasteiger charge is -2.09. The maximum absolute atomic E-state index is 11.5. The van der Waals surface area contributed by atoms with Gasteiger partial charge in [0, 0.05) is 10.7 Å². The summed E-state index contributed by atoms with van der Waals surface area (Å²) in [7, 11) is 0. The third-order valence-corrected chi connectivity index (χ3v) is 2.61. The van der Waals surface area contributed by atoms with Crippen LogP contribution in [0.5, 0.6) is 0 Å². The Morgan fingerprint density at radius 3 is 2.53 bits per heavy atom. The van der Waals surface area contributed by atoms with Gasteiger partial charge in [-0.1, -0.05) is 24.9 Å². The molecule has 2 nitrogen and oxygen atoms in total. The molecular formula is C11H13Cl2NO. The molecule has 0 aliphatic carbocycles. The third kappa shape index (κ3) is 4.10. The number of carbonyl (C=O) groups is 1. The van der Waals surface area contributed by atoms with Crippen molar-refractivity contribution in [3.63, 3.8) is 0 Å². The van der Waals surface area contributed by atoms with E-state index in [0.29, 0.717) is 17.1 Å². The van der Waals surface area contributed by atoms with Gasteiger partial charge in [0.25, 0.3) is 0 Å². The molecule has 1 atom stereocenters. The second-order valence-corrected chi connectivity index (χ2v) is 4.22. The minimum Gasteiger partial charge on any atom is -0.325 e. The largest absolute Gasteiger partial charge is 0.325 e. The minimum absolute atomic E-state index is 0.166. The zero-order chi connectivity index (χ0) is 11.3. The fraction of sp³-hybridized carbons (Fsp3) is 0.364. The van der Waals surface area contributed by atoms with Crippen molar-refractivity contribution in [2.75, 3.05) is 5.32 Å². The van der Waals surface area contributed by atoms with Crippen molar-refractivity contribution < 1.29 is 4.79 Å². The van der Waals surface area contributed by atoms with Crippen LogP contribution in [0.1, 0.15) is 19.8 Å². The van der Waals surface area contributed by atoms with E-state index in [9.17, 15) is 4.79 Å². The van der Waals surface area contributed by atoms with Crippen LogP contribution in [0, 0.1) is 0 Å². The maximum Gasteiger partial charge on any atom is 0.242 e. The molecule has 0 fully saturated rings. The molecule has 0 saturated carbocycles. The molecule has 0 radical (unpaired) electrons. The quantitative estimate of drug-likeness (QED) is 0.806. The van der Waals surface area contributed by atoms with E-state index in [4.69, 9.17) is 23.2 Å². The molecule has 1 aromatic rings.